The molecule has 172 valence electrons. The van der Waals surface area contributed by atoms with Gasteiger partial charge in [0.1, 0.15) is 31.3 Å². The van der Waals surface area contributed by atoms with E-state index in [0.29, 0.717) is 6.54 Å². The summed E-state index contributed by atoms with van der Waals surface area (Å²) in [6.45, 7) is 4.97. The van der Waals surface area contributed by atoms with Crippen LogP contribution in [-0.2, 0) is 39.9 Å². The molecule has 0 aromatic heterocycles. The molecule has 0 saturated heterocycles. The fraction of sp³-hybridized carbons (Fsp3) is 0.524. The third-order valence-electron chi connectivity index (χ3n) is 4.05. The fourth-order valence-corrected chi connectivity index (χ4v) is 2.15. The van der Waals surface area contributed by atoms with Crippen LogP contribution >= 0.6 is 0 Å². The van der Waals surface area contributed by atoms with Crippen LogP contribution in [0.4, 0.5) is 4.79 Å². The maximum atomic E-state index is 12.7. The van der Waals surface area contributed by atoms with Crippen molar-refractivity contribution in [2.24, 2.45) is 5.41 Å². The molecule has 0 saturated carbocycles. The summed E-state index contributed by atoms with van der Waals surface area (Å²) in [6.07, 6.45) is -3.45. The van der Waals surface area contributed by atoms with Gasteiger partial charge in [0.05, 0.1) is 0 Å². The van der Waals surface area contributed by atoms with Gasteiger partial charge in [0.15, 0.2) is 6.10 Å². The van der Waals surface area contributed by atoms with Gasteiger partial charge in [-0.1, -0.05) is 30.3 Å². The van der Waals surface area contributed by atoms with Gasteiger partial charge < -0.3 is 29.4 Å². The maximum Gasteiger partial charge on any atom is 0.407 e. The van der Waals surface area contributed by atoms with Crippen LogP contribution in [0.2, 0.25) is 0 Å². The number of nitrogens with one attached hydrogen (secondary N) is 1. The third-order valence-corrected chi connectivity index (χ3v) is 4.05. The number of hydrogen-bond donors (Lipinski definition) is 2. The molecule has 1 aromatic rings. The first kappa shape index (κ1) is 25.9. The monoisotopic (exact) mass is 439 g/mol. The number of ether oxygens (including phenoxy) is 4. The predicted octanol–water partition coefficient (Wildman–Crippen LogP) is 1.34. The zero-order valence-electron chi connectivity index (χ0n) is 18.1. The van der Waals surface area contributed by atoms with E-state index < -0.39 is 54.8 Å². The van der Waals surface area contributed by atoms with E-state index in [-0.39, 0.29) is 6.61 Å². The minimum atomic E-state index is -1.51. The van der Waals surface area contributed by atoms with Crippen molar-refractivity contribution in [2.45, 2.75) is 46.5 Å². The number of carbonyl (C=O) groups excluding carboxylic acids is 4. The lowest BCUT2D eigenvalue weighted by molar-refractivity contribution is -0.177. The second kappa shape index (κ2) is 12.5. The van der Waals surface area contributed by atoms with Crippen LogP contribution in [0.15, 0.2) is 30.3 Å². The van der Waals surface area contributed by atoms with Crippen molar-refractivity contribution in [3.05, 3.63) is 35.9 Å². The fourth-order valence-electron chi connectivity index (χ4n) is 2.15. The van der Waals surface area contributed by atoms with E-state index in [1.165, 1.54) is 20.8 Å². The van der Waals surface area contributed by atoms with Crippen LogP contribution in [0, 0.1) is 5.41 Å². The van der Waals surface area contributed by atoms with E-state index in [0.717, 1.165) is 5.56 Å². The van der Waals surface area contributed by atoms with Gasteiger partial charge in [0, 0.05) is 6.54 Å². The summed E-state index contributed by atoms with van der Waals surface area (Å²) < 4.78 is 20.2. The molecule has 31 heavy (non-hydrogen) atoms. The maximum absolute atomic E-state index is 12.7. The van der Waals surface area contributed by atoms with Crippen molar-refractivity contribution in [3.8, 4) is 0 Å². The Morgan fingerprint density at radius 1 is 1.00 bits per heavy atom. The van der Waals surface area contributed by atoms with Crippen molar-refractivity contribution < 1.29 is 43.2 Å². The molecule has 0 aliphatic heterocycles. The number of rotatable bonds is 11. The molecule has 10 nitrogen and oxygen atoms in total. The molecule has 0 heterocycles. The predicted molar refractivity (Wildman–Crippen MR) is 108 cm³/mol. The second-order valence-corrected chi connectivity index (χ2v) is 7.09. The summed E-state index contributed by atoms with van der Waals surface area (Å²) in [5.41, 5.74) is -0.762. The number of esters is 3. The Labute approximate surface area is 180 Å². The van der Waals surface area contributed by atoms with Crippen molar-refractivity contribution in [2.75, 3.05) is 19.8 Å². The van der Waals surface area contributed by atoms with Gasteiger partial charge in [-0.05, 0) is 33.3 Å². The summed E-state index contributed by atoms with van der Waals surface area (Å²) >= 11 is 0. The molecule has 0 fully saturated rings. The first-order chi connectivity index (χ1) is 14.6. The molecule has 2 N–H and O–H groups in total. The van der Waals surface area contributed by atoms with Crippen LogP contribution in [0.1, 0.15) is 33.3 Å². The first-order valence-corrected chi connectivity index (χ1v) is 9.76. The normalized spacial score (nSPS) is 14.4. The van der Waals surface area contributed by atoms with Gasteiger partial charge in [0.25, 0.3) is 0 Å². The van der Waals surface area contributed by atoms with Crippen LogP contribution in [0.5, 0.6) is 0 Å². The highest BCUT2D eigenvalue weighted by Gasteiger charge is 2.39. The molecular weight excluding hydrogens is 410 g/mol. The molecule has 3 unspecified atom stereocenters. The summed E-state index contributed by atoms with van der Waals surface area (Å²) in [4.78, 5) is 47.9. The highest BCUT2D eigenvalue weighted by atomic mass is 16.6. The number of aliphatic hydroxyl groups excluding tert-OH is 1. The summed E-state index contributed by atoms with van der Waals surface area (Å²) in [5.74, 6) is -2.68. The number of amides is 1. The zero-order valence-corrected chi connectivity index (χ0v) is 18.1. The molecule has 0 bridgehead atoms. The van der Waals surface area contributed by atoms with E-state index in [2.05, 4.69) is 5.32 Å². The standard InChI is InChI=1S/C21H29NO9/c1-5-22-20(27)30-13-21(4,19(26)28-11-16-9-7-6-8-10-16)12-29-18(25)15(3)31-17(24)14(2)23/h6-10,14-15,23H,5,11-13H2,1-4H3,(H,22,27). The molecule has 1 aromatic carbocycles. The highest BCUT2D eigenvalue weighted by molar-refractivity contribution is 5.81. The molecular formula is C21H29NO9. The first-order valence-electron chi connectivity index (χ1n) is 9.76. The molecule has 1 amide bonds. The number of hydrogen-bond acceptors (Lipinski definition) is 9. The zero-order chi connectivity index (χ0) is 23.4. The van der Waals surface area contributed by atoms with E-state index in [4.69, 9.17) is 24.1 Å². The molecule has 0 aliphatic carbocycles. The van der Waals surface area contributed by atoms with Gasteiger partial charge in [-0.25, -0.2) is 14.4 Å². The van der Waals surface area contributed by atoms with E-state index in [1.54, 1.807) is 31.2 Å². The summed E-state index contributed by atoms with van der Waals surface area (Å²) in [6, 6.07) is 8.94. The molecule has 10 heteroatoms. The smallest absolute Gasteiger partial charge is 0.407 e. The third kappa shape index (κ3) is 9.04. The minimum absolute atomic E-state index is 0.0211. The molecule has 0 aliphatic rings. The van der Waals surface area contributed by atoms with Crippen molar-refractivity contribution in [3.63, 3.8) is 0 Å². The Bertz CT molecular complexity index is 750. The number of alkyl carbamates (subject to hydrolysis) is 1. The van der Waals surface area contributed by atoms with Gasteiger partial charge >= 0.3 is 24.0 Å². The van der Waals surface area contributed by atoms with Gasteiger partial charge in [0.2, 0.25) is 0 Å². The van der Waals surface area contributed by atoms with Crippen LogP contribution in [0.3, 0.4) is 0 Å². The Hall–Kier alpha value is -3.14. The topological polar surface area (TPSA) is 137 Å². The largest absolute Gasteiger partial charge is 0.462 e. The van der Waals surface area contributed by atoms with Gasteiger partial charge in [-0.15, -0.1) is 0 Å². The molecule has 0 radical (unpaired) electrons. The van der Waals surface area contributed by atoms with E-state index in [9.17, 15) is 19.2 Å². The number of benzene rings is 1. The Kier molecular flexibility index (Phi) is 10.5. The van der Waals surface area contributed by atoms with Crippen molar-refractivity contribution >= 4 is 24.0 Å². The van der Waals surface area contributed by atoms with Gasteiger partial charge in [-0.3, -0.25) is 4.79 Å². The van der Waals surface area contributed by atoms with Crippen LogP contribution in [0.25, 0.3) is 0 Å². The number of carbonyl (C=O) groups is 4. The second-order valence-electron chi connectivity index (χ2n) is 7.09. The van der Waals surface area contributed by atoms with Crippen LogP contribution in [-0.4, -0.2) is 61.1 Å². The Balaban J connectivity index is 2.78. The summed E-state index contributed by atoms with van der Waals surface area (Å²) in [5, 5.41) is 11.6. The Morgan fingerprint density at radius 2 is 1.61 bits per heavy atom. The SMILES string of the molecule is CCNC(=O)OCC(C)(COC(=O)C(C)OC(=O)C(C)O)C(=O)OCc1ccccc1. The lowest BCUT2D eigenvalue weighted by Crippen LogP contribution is -2.42. The molecule has 1 rings (SSSR count). The lowest BCUT2D eigenvalue weighted by atomic mass is 9.93. The highest BCUT2D eigenvalue weighted by Crippen LogP contribution is 2.22. The summed E-state index contributed by atoms with van der Waals surface area (Å²) in [7, 11) is 0. The lowest BCUT2D eigenvalue weighted by Gasteiger charge is -2.27. The Morgan fingerprint density at radius 3 is 2.19 bits per heavy atom. The van der Waals surface area contributed by atoms with Crippen molar-refractivity contribution in [1.29, 1.82) is 0 Å². The molecule has 3 atom stereocenters. The quantitative estimate of drug-likeness (QED) is 0.386. The molecule has 0 spiro atoms. The van der Waals surface area contributed by atoms with E-state index in [1.807, 2.05) is 6.07 Å². The van der Waals surface area contributed by atoms with Crippen LogP contribution < -0.4 is 5.32 Å². The number of aliphatic hydroxyl groups is 1. The van der Waals surface area contributed by atoms with Crippen molar-refractivity contribution in [1.82, 2.24) is 5.32 Å². The minimum Gasteiger partial charge on any atom is -0.462 e. The van der Waals surface area contributed by atoms with Gasteiger partial charge in [-0.2, -0.15) is 0 Å². The average molecular weight is 439 g/mol. The average Bonchev–Trinajstić information content (AvgIpc) is 2.75. The van der Waals surface area contributed by atoms with E-state index >= 15 is 0 Å².